The van der Waals surface area contributed by atoms with Crippen molar-refractivity contribution in [1.29, 1.82) is 0 Å². The summed E-state index contributed by atoms with van der Waals surface area (Å²) < 4.78 is 3.57. The minimum atomic E-state index is -0.295. The number of hydrogen-bond acceptors (Lipinski definition) is 5. The van der Waals surface area contributed by atoms with Gasteiger partial charge in [0.25, 0.3) is 0 Å². The number of pyridine rings is 1. The second kappa shape index (κ2) is 7.05. The van der Waals surface area contributed by atoms with Gasteiger partial charge in [-0.05, 0) is 62.4 Å². The van der Waals surface area contributed by atoms with Crippen molar-refractivity contribution in [3.63, 3.8) is 0 Å². The molecule has 1 saturated carbocycles. The standard InChI is InChI=1S/C22H22N6O2/c1-13(2)28-19-9-15(14-3-4-14)5-7-17(19)22(30)18(26-28)10-21(29)24-16-6-8-20-25-23-12-27(20)11-16/h5-9,11-14H,3-4,10H2,1-2H3,(H,24,29). The van der Waals surface area contributed by atoms with Crippen LogP contribution in [-0.4, -0.2) is 30.3 Å². The normalized spacial score (nSPS) is 14.0. The molecule has 30 heavy (non-hydrogen) atoms. The van der Waals surface area contributed by atoms with Crippen molar-refractivity contribution in [1.82, 2.24) is 24.4 Å². The molecule has 5 rings (SSSR count). The summed E-state index contributed by atoms with van der Waals surface area (Å²) in [6.07, 6.45) is 5.60. The van der Waals surface area contributed by atoms with Gasteiger partial charge in [-0.3, -0.25) is 18.7 Å². The van der Waals surface area contributed by atoms with Gasteiger partial charge in [0.1, 0.15) is 12.0 Å². The number of nitrogens with one attached hydrogen (secondary N) is 1. The van der Waals surface area contributed by atoms with E-state index in [0.29, 0.717) is 22.6 Å². The number of hydrogen-bond donors (Lipinski definition) is 1. The molecule has 1 aliphatic carbocycles. The van der Waals surface area contributed by atoms with Crippen LogP contribution in [0.5, 0.6) is 0 Å². The van der Waals surface area contributed by atoms with Crippen molar-refractivity contribution in [3.8, 4) is 0 Å². The van der Waals surface area contributed by atoms with Gasteiger partial charge in [-0.25, -0.2) is 0 Å². The first-order chi connectivity index (χ1) is 14.5. The van der Waals surface area contributed by atoms with Gasteiger partial charge in [-0.15, -0.1) is 10.2 Å². The first-order valence-corrected chi connectivity index (χ1v) is 10.1. The Bertz CT molecular complexity index is 1330. The predicted octanol–water partition coefficient (Wildman–Crippen LogP) is 3.08. The lowest BCUT2D eigenvalue weighted by Crippen LogP contribution is -2.25. The number of benzene rings is 1. The second-order valence-corrected chi connectivity index (χ2v) is 8.10. The Morgan fingerprint density at radius 1 is 1.23 bits per heavy atom. The smallest absolute Gasteiger partial charge is 0.230 e. The van der Waals surface area contributed by atoms with Crippen molar-refractivity contribution >= 4 is 28.1 Å². The summed E-state index contributed by atoms with van der Waals surface area (Å²) in [5.74, 6) is 0.301. The monoisotopic (exact) mass is 402 g/mol. The van der Waals surface area contributed by atoms with Gasteiger partial charge in [0.2, 0.25) is 11.3 Å². The van der Waals surface area contributed by atoms with Crippen molar-refractivity contribution < 1.29 is 4.79 Å². The Hall–Kier alpha value is -3.55. The van der Waals surface area contributed by atoms with Gasteiger partial charge >= 0.3 is 0 Å². The summed E-state index contributed by atoms with van der Waals surface area (Å²) in [5, 5.41) is 15.8. The van der Waals surface area contributed by atoms with Crippen LogP contribution in [0.2, 0.25) is 0 Å². The number of nitrogens with zero attached hydrogens (tertiary/aromatic N) is 5. The molecule has 0 atom stereocenters. The molecular weight excluding hydrogens is 380 g/mol. The molecule has 1 N–H and O–H groups in total. The quantitative estimate of drug-likeness (QED) is 0.554. The van der Waals surface area contributed by atoms with E-state index in [1.54, 1.807) is 29.1 Å². The molecule has 0 bridgehead atoms. The molecule has 1 aliphatic rings. The van der Waals surface area contributed by atoms with Crippen LogP contribution in [0, 0.1) is 0 Å². The summed E-state index contributed by atoms with van der Waals surface area (Å²) in [5.41, 5.74) is 3.45. The van der Waals surface area contributed by atoms with Crippen LogP contribution in [0.25, 0.3) is 16.6 Å². The van der Waals surface area contributed by atoms with E-state index in [1.165, 1.54) is 18.4 Å². The lowest BCUT2D eigenvalue weighted by atomic mass is 10.1. The van der Waals surface area contributed by atoms with E-state index >= 15 is 0 Å². The van der Waals surface area contributed by atoms with Crippen molar-refractivity contribution in [2.24, 2.45) is 0 Å². The van der Waals surface area contributed by atoms with E-state index in [9.17, 15) is 9.59 Å². The van der Waals surface area contributed by atoms with Crippen LogP contribution in [0.4, 0.5) is 5.69 Å². The number of amides is 1. The fraction of sp³-hybridized carbons (Fsp3) is 0.318. The third kappa shape index (κ3) is 3.34. The number of carbonyl (C=O) groups is 1. The molecule has 0 radical (unpaired) electrons. The molecule has 0 unspecified atom stereocenters. The van der Waals surface area contributed by atoms with Gasteiger partial charge in [0.15, 0.2) is 5.65 Å². The molecular formula is C22H22N6O2. The summed E-state index contributed by atoms with van der Waals surface area (Å²) in [4.78, 5) is 25.7. The highest BCUT2D eigenvalue weighted by Crippen LogP contribution is 2.40. The third-order valence-electron chi connectivity index (χ3n) is 5.44. The van der Waals surface area contributed by atoms with Gasteiger partial charge in [-0.1, -0.05) is 6.07 Å². The first kappa shape index (κ1) is 18.5. The van der Waals surface area contributed by atoms with Crippen LogP contribution in [0.15, 0.2) is 47.7 Å². The molecule has 8 heteroatoms. The number of carbonyl (C=O) groups excluding carboxylic acids is 1. The molecule has 1 amide bonds. The maximum Gasteiger partial charge on any atom is 0.230 e. The molecule has 0 spiro atoms. The second-order valence-electron chi connectivity index (χ2n) is 8.10. The molecule has 8 nitrogen and oxygen atoms in total. The highest BCUT2D eigenvalue weighted by atomic mass is 16.1. The SMILES string of the molecule is CC(C)n1nc(CC(=O)Nc2ccc3nncn3c2)c(=O)c2ccc(C3CC3)cc21. The zero-order valence-electron chi connectivity index (χ0n) is 16.9. The Labute approximate surface area is 172 Å². The molecule has 1 aromatic carbocycles. The Morgan fingerprint density at radius 2 is 2.07 bits per heavy atom. The summed E-state index contributed by atoms with van der Waals surface area (Å²) >= 11 is 0. The third-order valence-corrected chi connectivity index (χ3v) is 5.44. The topological polar surface area (TPSA) is 94.2 Å². The van der Waals surface area contributed by atoms with Gasteiger partial charge in [0, 0.05) is 17.6 Å². The summed E-state index contributed by atoms with van der Waals surface area (Å²) in [6.45, 7) is 4.05. The fourth-order valence-electron chi connectivity index (χ4n) is 3.75. The number of fused-ring (bicyclic) bond motifs is 2. The predicted molar refractivity (Wildman–Crippen MR) is 114 cm³/mol. The zero-order chi connectivity index (χ0) is 20.8. The number of anilines is 1. The molecule has 3 aromatic heterocycles. The molecule has 0 aliphatic heterocycles. The lowest BCUT2D eigenvalue weighted by Gasteiger charge is -2.16. The van der Waals surface area contributed by atoms with E-state index < -0.39 is 0 Å². The van der Waals surface area contributed by atoms with Crippen LogP contribution in [0.1, 0.15) is 49.9 Å². The lowest BCUT2D eigenvalue weighted by molar-refractivity contribution is -0.115. The Balaban J connectivity index is 1.47. The van der Waals surface area contributed by atoms with E-state index in [-0.39, 0.29) is 29.5 Å². The van der Waals surface area contributed by atoms with Crippen LogP contribution < -0.4 is 10.7 Å². The maximum atomic E-state index is 13.1. The molecule has 152 valence electrons. The number of rotatable bonds is 5. The summed E-state index contributed by atoms with van der Waals surface area (Å²) in [7, 11) is 0. The average molecular weight is 402 g/mol. The van der Waals surface area contributed by atoms with E-state index in [1.807, 2.05) is 30.7 Å². The van der Waals surface area contributed by atoms with Crippen LogP contribution in [-0.2, 0) is 11.2 Å². The van der Waals surface area contributed by atoms with Gasteiger partial charge in [0.05, 0.1) is 17.6 Å². The Kier molecular flexibility index (Phi) is 4.34. The fourth-order valence-corrected chi connectivity index (χ4v) is 3.75. The zero-order valence-corrected chi connectivity index (χ0v) is 16.9. The Morgan fingerprint density at radius 3 is 2.83 bits per heavy atom. The minimum Gasteiger partial charge on any atom is -0.324 e. The van der Waals surface area contributed by atoms with Crippen molar-refractivity contribution in [2.45, 2.75) is 45.1 Å². The molecule has 1 fully saturated rings. The van der Waals surface area contributed by atoms with Gasteiger partial charge < -0.3 is 5.32 Å². The van der Waals surface area contributed by atoms with Crippen molar-refractivity contribution in [3.05, 3.63) is 64.3 Å². The average Bonchev–Trinajstić information content (AvgIpc) is 3.47. The number of aromatic nitrogens is 5. The van der Waals surface area contributed by atoms with Crippen molar-refractivity contribution in [2.75, 3.05) is 5.32 Å². The highest BCUT2D eigenvalue weighted by Gasteiger charge is 2.25. The maximum absolute atomic E-state index is 13.1. The van der Waals surface area contributed by atoms with Crippen LogP contribution >= 0.6 is 0 Å². The molecule has 4 aromatic rings. The largest absolute Gasteiger partial charge is 0.324 e. The van der Waals surface area contributed by atoms with E-state index in [4.69, 9.17) is 0 Å². The first-order valence-electron chi connectivity index (χ1n) is 10.1. The molecule has 0 saturated heterocycles. The van der Waals surface area contributed by atoms with E-state index in [0.717, 1.165) is 5.52 Å². The van der Waals surface area contributed by atoms with Crippen LogP contribution in [0.3, 0.4) is 0 Å². The molecule has 3 heterocycles. The highest BCUT2D eigenvalue weighted by molar-refractivity contribution is 5.92. The summed E-state index contributed by atoms with van der Waals surface area (Å²) in [6, 6.07) is 9.58. The minimum absolute atomic E-state index is 0.0699. The van der Waals surface area contributed by atoms with E-state index in [2.05, 4.69) is 26.7 Å². The van der Waals surface area contributed by atoms with Gasteiger partial charge in [-0.2, -0.15) is 5.10 Å².